The van der Waals surface area contributed by atoms with Crippen LogP contribution in [0.2, 0.25) is 5.02 Å². The number of nitrogens with one attached hydrogen (secondary N) is 2. The number of anilines is 2. The molecule has 1 aliphatic carbocycles. The first-order valence-electron chi connectivity index (χ1n) is 12.7. The van der Waals surface area contributed by atoms with Crippen LogP contribution in [0.15, 0.2) is 59.4 Å². The number of ether oxygens (including phenoxy) is 1. The molecule has 2 aromatic rings. The Hall–Kier alpha value is -2.48. The van der Waals surface area contributed by atoms with Gasteiger partial charge in [-0.1, -0.05) is 46.8 Å². The lowest BCUT2D eigenvalue weighted by Gasteiger charge is -2.40. The lowest BCUT2D eigenvalue weighted by atomic mass is 9.91. The first-order chi connectivity index (χ1) is 17.7. The number of allylic oxidation sites excluding steroid dienone is 1. The SMILES string of the molecule is C=C(NCc1ccc(Cl)cc1Br)C1=CN(C2CC2)c2c(cc(F)c(N3C[C@@H](C)N[C@@H](C)C3)c2OC)C1=C. The third kappa shape index (κ3) is 5.14. The van der Waals surface area contributed by atoms with Crippen LogP contribution in [0.5, 0.6) is 5.75 Å². The van der Waals surface area contributed by atoms with Gasteiger partial charge in [-0.25, -0.2) is 4.39 Å². The molecule has 0 bridgehead atoms. The summed E-state index contributed by atoms with van der Waals surface area (Å²) in [7, 11) is 1.63. The van der Waals surface area contributed by atoms with E-state index < -0.39 is 0 Å². The molecule has 3 aliphatic rings. The van der Waals surface area contributed by atoms with E-state index in [1.807, 2.05) is 18.2 Å². The second-order valence-corrected chi connectivity index (χ2v) is 11.5. The van der Waals surface area contributed by atoms with Gasteiger partial charge in [-0.2, -0.15) is 0 Å². The fraction of sp³-hybridized carbons (Fsp3) is 0.379. The van der Waals surface area contributed by atoms with Gasteiger partial charge in [0.2, 0.25) is 0 Å². The molecule has 2 fully saturated rings. The predicted molar refractivity (Wildman–Crippen MR) is 155 cm³/mol. The highest BCUT2D eigenvalue weighted by Crippen LogP contribution is 2.52. The van der Waals surface area contributed by atoms with Gasteiger partial charge in [0.1, 0.15) is 5.69 Å². The zero-order valence-electron chi connectivity index (χ0n) is 21.5. The van der Waals surface area contributed by atoms with E-state index in [4.69, 9.17) is 16.3 Å². The van der Waals surface area contributed by atoms with Crippen LogP contribution in [0.3, 0.4) is 0 Å². The summed E-state index contributed by atoms with van der Waals surface area (Å²) in [5.41, 5.74) is 5.55. The normalized spacial score (nSPS) is 21.5. The van der Waals surface area contributed by atoms with Gasteiger partial charge in [0, 0.05) is 70.3 Å². The van der Waals surface area contributed by atoms with E-state index in [1.54, 1.807) is 13.2 Å². The largest absolute Gasteiger partial charge is 0.492 e. The number of benzene rings is 2. The number of hydrogen-bond acceptors (Lipinski definition) is 5. The molecule has 37 heavy (non-hydrogen) atoms. The monoisotopic (exact) mass is 586 g/mol. The Morgan fingerprint density at radius 1 is 1.22 bits per heavy atom. The van der Waals surface area contributed by atoms with Crippen molar-refractivity contribution in [1.82, 2.24) is 10.6 Å². The lowest BCUT2D eigenvalue weighted by molar-refractivity contribution is 0.386. The zero-order chi connectivity index (χ0) is 26.4. The maximum atomic E-state index is 15.9. The van der Waals surface area contributed by atoms with Crippen LogP contribution >= 0.6 is 27.5 Å². The van der Waals surface area contributed by atoms with E-state index in [1.165, 1.54) is 0 Å². The first-order valence-corrected chi connectivity index (χ1v) is 13.8. The molecule has 5 nitrogen and oxygen atoms in total. The molecule has 2 N–H and O–H groups in total. The third-order valence-electron chi connectivity index (χ3n) is 7.21. The second-order valence-electron chi connectivity index (χ2n) is 10.2. The van der Waals surface area contributed by atoms with Crippen LogP contribution in [-0.4, -0.2) is 38.3 Å². The number of nitrogens with zero attached hydrogens (tertiary/aromatic N) is 2. The average Bonchev–Trinajstić information content (AvgIpc) is 3.68. The summed E-state index contributed by atoms with van der Waals surface area (Å²) in [5, 5.41) is 7.62. The zero-order valence-corrected chi connectivity index (χ0v) is 23.8. The van der Waals surface area contributed by atoms with Gasteiger partial charge in [-0.3, -0.25) is 0 Å². The third-order valence-corrected chi connectivity index (χ3v) is 8.18. The number of methoxy groups -OCH3 is 1. The van der Waals surface area contributed by atoms with Crippen LogP contribution in [0.25, 0.3) is 5.57 Å². The highest BCUT2D eigenvalue weighted by molar-refractivity contribution is 9.10. The average molecular weight is 588 g/mol. The quantitative estimate of drug-likeness (QED) is 0.381. The molecule has 1 saturated heterocycles. The Morgan fingerprint density at radius 2 is 1.92 bits per heavy atom. The fourth-order valence-corrected chi connectivity index (χ4v) is 6.20. The maximum absolute atomic E-state index is 15.9. The van der Waals surface area contributed by atoms with Gasteiger partial charge in [0.15, 0.2) is 11.6 Å². The van der Waals surface area contributed by atoms with Crippen molar-refractivity contribution in [3.63, 3.8) is 0 Å². The summed E-state index contributed by atoms with van der Waals surface area (Å²) in [4.78, 5) is 4.35. The van der Waals surface area contributed by atoms with Gasteiger partial charge in [-0.15, -0.1) is 0 Å². The van der Waals surface area contributed by atoms with Crippen LogP contribution in [-0.2, 0) is 6.54 Å². The summed E-state index contributed by atoms with van der Waals surface area (Å²) in [6.45, 7) is 14.9. The van der Waals surface area contributed by atoms with Crippen molar-refractivity contribution in [3.8, 4) is 5.75 Å². The number of fused-ring (bicyclic) bond motifs is 1. The summed E-state index contributed by atoms with van der Waals surface area (Å²) in [6.07, 6.45) is 4.25. The van der Waals surface area contributed by atoms with E-state index in [9.17, 15) is 0 Å². The molecule has 0 amide bonds. The number of piperazine rings is 1. The van der Waals surface area contributed by atoms with E-state index in [0.717, 1.165) is 51.0 Å². The molecular formula is C29H33BrClFN4O. The summed E-state index contributed by atoms with van der Waals surface area (Å²) in [5.74, 6) is 0.280. The van der Waals surface area contributed by atoms with Gasteiger partial charge in [-0.05, 0) is 56.0 Å². The second kappa shape index (κ2) is 10.4. The van der Waals surface area contributed by atoms with Gasteiger partial charge in [0.05, 0.1) is 12.8 Å². The van der Waals surface area contributed by atoms with E-state index >= 15 is 4.39 Å². The van der Waals surface area contributed by atoms with Crippen molar-refractivity contribution in [2.75, 3.05) is 30.0 Å². The highest BCUT2D eigenvalue weighted by Gasteiger charge is 2.38. The van der Waals surface area contributed by atoms with Crippen molar-refractivity contribution < 1.29 is 9.13 Å². The molecule has 2 aliphatic heterocycles. The molecule has 196 valence electrons. The van der Waals surface area contributed by atoms with Crippen molar-refractivity contribution in [3.05, 3.63) is 81.3 Å². The van der Waals surface area contributed by atoms with Gasteiger partial charge >= 0.3 is 0 Å². The number of hydrogen-bond donors (Lipinski definition) is 2. The van der Waals surface area contributed by atoms with Crippen LogP contribution in [0.1, 0.15) is 37.8 Å². The summed E-state index contributed by atoms with van der Waals surface area (Å²) >= 11 is 9.67. The van der Waals surface area contributed by atoms with Crippen molar-refractivity contribution >= 4 is 44.5 Å². The minimum atomic E-state index is -0.293. The Bertz CT molecular complexity index is 1280. The van der Waals surface area contributed by atoms with Crippen molar-refractivity contribution in [2.24, 2.45) is 0 Å². The van der Waals surface area contributed by atoms with Gasteiger partial charge < -0.3 is 25.2 Å². The lowest BCUT2D eigenvalue weighted by Crippen LogP contribution is -2.54. The van der Waals surface area contributed by atoms with E-state index in [0.29, 0.717) is 42.1 Å². The standard InChI is InChI=1S/C29H33BrClFN4O/c1-16-13-35(14-17(2)34-16)28-26(32)11-23-18(3)24(15-36(22-8-9-22)27(23)29(28)37-5)19(4)33-12-20-6-7-21(31)10-25(20)30/h6-7,10-11,15-17,22,33-34H,3-4,8-9,12-14H2,1-2,5H3/t16-,17+. The molecule has 0 aromatic heterocycles. The van der Waals surface area contributed by atoms with Crippen molar-refractivity contribution in [2.45, 2.75) is 51.4 Å². The van der Waals surface area contributed by atoms with Crippen LogP contribution < -0.4 is 25.2 Å². The molecule has 2 atom stereocenters. The predicted octanol–water partition coefficient (Wildman–Crippen LogP) is 6.62. The number of halogens is 3. The Kier molecular flexibility index (Phi) is 7.31. The first kappa shape index (κ1) is 26.1. The topological polar surface area (TPSA) is 39.8 Å². The van der Waals surface area contributed by atoms with E-state index in [-0.39, 0.29) is 17.9 Å². The van der Waals surface area contributed by atoms with Gasteiger partial charge in [0.25, 0.3) is 0 Å². The molecule has 1 saturated carbocycles. The summed E-state index contributed by atoms with van der Waals surface area (Å²) < 4.78 is 22.8. The Morgan fingerprint density at radius 3 is 2.54 bits per heavy atom. The number of rotatable bonds is 7. The minimum Gasteiger partial charge on any atom is -0.492 e. The minimum absolute atomic E-state index is 0.250. The highest BCUT2D eigenvalue weighted by atomic mass is 79.9. The Labute approximate surface area is 232 Å². The molecule has 0 unspecified atom stereocenters. The van der Waals surface area contributed by atoms with Crippen molar-refractivity contribution in [1.29, 1.82) is 0 Å². The fourth-order valence-electron chi connectivity index (χ4n) is 5.38. The van der Waals surface area contributed by atoms with Crippen LogP contribution in [0, 0.1) is 5.82 Å². The maximum Gasteiger partial charge on any atom is 0.169 e. The van der Waals surface area contributed by atoms with Crippen LogP contribution in [0.4, 0.5) is 15.8 Å². The molecule has 0 spiro atoms. The molecule has 0 radical (unpaired) electrons. The Balaban J connectivity index is 1.49. The molecule has 8 heteroatoms. The summed E-state index contributed by atoms with van der Waals surface area (Å²) in [6, 6.07) is 8.17. The molecule has 2 heterocycles. The van der Waals surface area contributed by atoms with E-state index in [2.05, 4.69) is 69.6 Å². The molecule has 2 aromatic carbocycles. The molecular weight excluding hydrogens is 555 g/mol. The molecule has 5 rings (SSSR count). The smallest absolute Gasteiger partial charge is 0.169 e.